The lowest BCUT2D eigenvalue weighted by molar-refractivity contribution is 0.0447. The number of carbonyl (C=O) groups excluding carboxylic acids is 2. The summed E-state index contributed by atoms with van der Waals surface area (Å²) in [4.78, 5) is 24.8. The van der Waals surface area contributed by atoms with Crippen molar-refractivity contribution in [3.05, 3.63) is 58.6 Å². The van der Waals surface area contributed by atoms with Crippen LogP contribution in [0.2, 0.25) is 5.02 Å². The van der Waals surface area contributed by atoms with Gasteiger partial charge in [0.25, 0.3) is 0 Å². The molecule has 0 aromatic heterocycles. The Morgan fingerprint density at radius 3 is 1.87 bits per heavy atom. The third-order valence-electron chi connectivity index (χ3n) is 6.92. The van der Waals surface area contributed by atoms with Crippen molar-refractivity contribution in [1.82, 2.24) is 0 Å². The fourth-order valence-electron chi connectivity index (χ4n) is 4.12. The largest absolute Gasteiger partial charge is 0.494 e. The molecule has 0 spiro atoms. The van der Waals surface area contributed by atoms with Crippen molar-refractivity contribution in [2.24, 2.45) is 5.92 Å². The summed E-state index contributed by atoms with van der Waals surface area (Å²) in [7, 11) is 0. The van der Waals surface area contributed by atoms with Gasteiger partial charge < -0.3 is 14.2 Å². The molecule has 2 rings (SSSR count). The van der Waals surface area contributed by atoms with E-state index >= 15 is 0 Å². The van der Waals surface area contributed by atoms with Crippen LogP contribution in [0.25, 0.3) is 0 Å². The number of esters is 2. The number of carbonyl (C=O) groups is 2. The van der Waals surface area contributed by atoms with Gasteiger partial charge in [0.05, 0.1) is 29.4 Å². The fraction of sp³-hybridized carbons (Fsp3) is 0.576. The molecule has 0 radical (unpaired) electrons. The van der Waals surface area contributed by atoms with Gasteiger partial charge in [0.15, 0.2) is 0 Å². The Hall–Kier alpha value is -2.53. The van der Waals surface area contributed by atoms with E-state index in [-0.39, 0.29) is 22.3 Å². The van der Waals surface area contributed by atoms with Gasteiger partial charge in [0, 0.05) is 6.07 Å². The molecule has 0 amide bonds. The molecule has 2 aromatic rings. The highest BCUT2D eigenvalue weighted by molar-refractivity contribution is 6.33. The van der Waals surface area contributed by atoms with E-state index < -0.39 is 11.9 Å². The van der Waals surface area contributed by atoms with E-state index in [4.69, 9.17) is 25.8 Å². The summed E-state index contributed by atoms with van der Waals surface area (Å²) in [5.74, 6) is 0.274. The molecule has 5 nitrogen and oxygen atoms in total. The molecular weight excluding hydrogens is 512 g/mol. The summed E-state index contributed by atoms with van der Waals surface area (Å²) in [5, 5.41) is 0.177. The minimum absolute atomic E-state index is 0.177. The highest BCUT2D eigenvalue weighted by Crippen LogP contribution is 2.25. The summed E-state index contributed by atoms with van der Waals surface area (Å²) < 4.78 is 16.6. The first-order valence-electron chi connectivity index (χ1n) is 14.9. The zero-order valence-electron chi connectivity index (χ0n) is 24.1. The lowest BCUT2D eigenvalue weighted by Crippen LogP contribution is -2.12. The minimum atomic E-state index is -0.509. The number of hydrogen-bond acceptors (Lipinski definition) is 5. The topological polar surface area (TPSA) is 61.8 Å². The summed E-state index contributed by atoms with van der Waals surface area (Å²) in [6.07, 6.45) is 16.7. The van der Waals surface area contributed by atoms with Crippen LogP contribution >= 0.6 is 11.6 Å². The van der Waals surface area contributed by atoms with Gasteiger partial charge in [-0.2, -0.15) is 0 Å². The molecule has 1 atom stereocenters. The average molecular weight is 559 g/mol. The van der Waals surface area contributed by atoms with Crippen LogP contribution in [0.5, 0.6) is 11.5 Å². The van der Waals surface area contributed by atoms with Crippen molar-refractivity contribution in [1.29, 1.82) is 0 Å². The first-order chi connectivity index (χ1) is 18.9. The molecule has 0 saturated heterocycles. The molecule has 216 valence electrons. The van der Waals surface area contributed by atoms with Gasteiger partial charge in [-0.3, -0.25) is 0 Å². The molecule has 6 heteroatoms. The van der Waals surface area contributed by atoms with Crippen molar-refractivity contribution >= 4 is 23.5 Å². The van der Waals surface area contributed by atoms with Gasteiger partial charge in [0.2, 0.25) is 0 Å². The number of halogens is 1. The molecule has 0 aliphatic carbocycles. The molecule has 0 heterocycles. The predicted octanol–water partition coefficient (Wildman–Crippen LogP) is 9.84. The quantitative estimate of drug-likeness (QED) is 0.0918. The number of rotatable bonds is 20. The van der Waals surface area contributed by atoms with Crippen molar-refractivity contribution in [2.45, 2.75) is 104 Å². The van der Waals surface area contributed by atoms with E-state index in [1.807, 2.05) is 13.8 Å². The van der Waals surface area contributed by atoms with Crippen LogP contribution in [-0.4, -0.2) is 25.2 Å². The number of unbranched alkanes of at least 4 members (excludes halogenated alkanes) is 11. The lowest BCUT2D eigenvalue weighted by atomic mass is 10.1. The predicted molar refractivity (Wildman–Crippen MR) is 159 cm³/mol. The maximum Gasteiger partial charge on any atom is 0.343 e. The zero-order valence-corrected chi connectivity index (χ0v) is 24.9. The van der Waals surface area contributed by atoms with Crippen molar-refractivity contribution in [2.75, 3.05) is 13.2 Å². The SMILES string of the molecule is CCCCCCCCCCCCCCOc1ccc(C(=O)Oc2ccc(C(=O)OC[C@@H](C)CC)c(Cl)c2)cc1. The van der Waals surface area contributed by atoms with Crippen LogP contribution in [0, 0.1) is 5.92 Å². The van der Waals surface area contributed by atoms with Gasteiger partial charge in [-0.1, -0.05) is 109 Å². The second-order valence-electron chi connectivity index (χ2n) is 10.4. The van der Waals surface area contributed by atoms with Gasteiger partial charge in [-0.15, -0.1) is 0 Å². The Kier molecular flexibility index (Phi) is 16.4. The monoisotopic (exact) mass is 558 g/mol. The van der Waals surface area contributed by atoms with Crippen LogP contribution in [0.15, 0.2) is 42.5 Å². The number of benzene rings is 2. The first kappa shape index (κ1) is 32.7. The zero-order chi connectivity index (χ0) is 28.3. The van der Waals surface area contributed by atoms with Crippen molar-refractivity contribution < 1.29 is 23.8 Å². The molecule has 39 heavy (non-hydrogen) atoms. The van der Waals surface area contributed by atoms with E-state index in [2.05, 4.69) is 6.92 Å². The molecular formula is C33H47ClO5. The second-order valence-corrected chi connectivity index (χ2v) is 10.8. The van der Waals surface area contributed by atoms with E-state index in [1.165, 1.54) is 88.8 Å². The third-order valence-corrected chi connectivity index (χ3v) is 7.24. The molecule has 0 aliphatic heterocycles. The van der Waals surface area contributed by atoms with Crippen LogP contribution in [0.4, 0.5) is 0 Å². The second kappa shape index (κ2) is 19.5. The smallest absolute Gasteiger partial charge is 0.343 e. The van der Waals surface area contributed by atoms with E-state index in [9.17, 15) is 9.59 Å². The molecule has 0 aliphatic rings. The lowest BCUT2D eigenvalue weighted by Gasteiger charge is -2.11. The maximum atomic E-state index is 12.6. The Bertz CT molecular complexity index is 973. The summed E-state index contributed by atoms with van der Waals surface area (Å²) in [6.45, 7) is 7.32. The van der Waals surface area contributed by atoms with Gasteiger partial charge in [0.1, 0.15) is 11.5 Å². The highest BCUT2D eigenvalue weighted by atomic mass is 35.5. The van der Waals surface area contributed by atoms with Gasteiger partial charge >= 0.3 is 11.9 Å². The van der Waals surface area contributed by atoms with E-state index in [0.717, 1.165) is 18.6 Å². The number of hydrogen-bond donors (Lipinski definition) is 0. The van der Waals surface area contributed by atoms with Crippen molar-refractivity contribution in [3.8, 4) is 11.5 Å². The Morgan fingerprint density at radius 1 is 0.744 bits per heavy atom. The Morgan fingerprint density at radius 2 is 1.31 bits per heavy atom. The minimum Gasteiger partial charge on any atom is -0.494 e. The normalized spacial score (nSPS) is 11.7. The third kappa shape index (κ3) is 13.4. The average Bonchev–Trinajstić information content (AvgIpc) is 2.94. The van der Waals surface area contributed by atoms with Crippen LogP contribution < -0.4 is 9.47 Å². The van der Waals surface area contributed by atoms with Crippen LogP contribution in [0.1, 0.15) is 125 Å². The first-order valence-corrected chi connectivity index (χ1v) is 15.2. The van der Waals surface area contributed by atoms with Gasteiger partial charge in [-0.25, -0.2) is 9.59 Å². The summed E-state index contributed by atoms with van der Waals surface area (Å²) >= 11 is 6.24. The Labute approximate surface area is 240 Å². The molecule has 0 fully saturated rings. The summed E-state index contributed by atoms with van der Waals surface area (Å²) in [6, 6.07) is 11.4. The Balaban J connectivity index is 1.64. The molecule has 0 unspecified atom stereocenters. The highest BCUT2D eigenvalue weighted by Gasteiger charge is 2.16. The standard InChI is InChI=1S/C33H47ClO5/c1-4-6-7-8-9-10-11-12-13-14-15-16-23-37-28-19-17-27(18-20-28)32(35)39-29-21-22-30(31(34)24-29)33(36)38-25-26(3)5-2/h17-22,24,26H,4-16,23,25H2,1-3H3/t26-/m0/s1. The van der Waals surface area contributed by atoms with Crippen molar-refractivity contribution in [3.63, 3.8) is 0 Å². The molecule has 2 aromatic carbocycles. The van der Waals surface area contributed by atoms with Crippen LogP contribution in [-0.2, 0) is 4.74 Å². The molecule has 0 saturated carbocycles. The number of ether oxygens (including phenoxy) is 3. The molecule has 0 N–H and O–H groups in total. The fourth-order valence-corrected chi connectivity index (χ4v) is 4.37. The summed E-state index contributed by atoms with van der Waals surface area (Å²) in [5.41, 5.74) is 0.648. The van der Waals surface area contributed by atoms with Crippen LogP contribution in [0.3, 0.4) is 0 Å². The molecule has 0 bridgehead atoms. The van der Waals surface area contributed by atoms with E-state index in [1.54, 1.807) is 24.3 Å². The van der Waals surface area contributed by atoms with E-state index in [0.29, 0.717) is 18.8 Å². The maximum absolute atomic E-state index is 12.6. The van der Waals surface area contributed by atoms with Gasteiger partial charge in [-0.05, 0) is 48.7 Å².